The van der Waals surface area contributed by atoms with Crippen LogP contribution in [0.15, 0.2) is 42.5 Å². The Morgan fingerprint density at radius 1 is 1.04 bits per heavy atom. The first-order chi connectivity index (χ1) is 21.8. The summed E-state index contributed by atoms with van der Waals surface area (Å²) in [7, 11) is 4.99. The highest BCUT2D eigenvalue weighted by molar-refractivity contribution is 5.91. The molecule has 0 radical (unpaired) electrons. The molecule has 1 aromatic heterocycles. The number of aromatic nitrogens is 1. The molecule has 1 N–H and O–H groups in total. The van der Waals surface area contributed by atoms with Crippen molar-refractivity contribution in [2.24, 2.45) is 5.92 Å². The lowest BCUT2D eigenvalue weighted by Gasteiger charge is -2.30. The molecule has 3 atom stereocenters. The molecule has 46 heavy (non-hydrogen) atoms. The lowest BCUT2D eigenvalue weighted by molar-refractivity contribution is -0.152. The van der Waals surface area contributed by atoms with E-state index in [0.717, 1.165) is 29.6 Å². The number of carbonyl (C=O) groups is 3. The van der Waals surface area contributed by atoms with Crippen molar-refractivity contribution < 1.29 is 33.3 Å². The molecule has 0 aliphatic carbocycles. The largest absolute Gasteiger partial charge is 0.497 e. The number of hydrogen-bond donors (Lipinski definition) is 1. The van der Waals surface area contributed by atoms with E-state index in [4.69, 9.17) is 23.9 Å². The summed E-state index contributed by atoms with van der Waals surface area (Å²) in [6.07, 6.45) is -0.0519. The van der Waals surface area contributed by atoms with Crippen molar-refractivity contribution in [2.75, 3.05) is 39.3 Å². The van der Waals surface area contributed by atoms with Gasteiger partial charge in [-0.1, -0.05) is 19.9 Å². The van der Waals surface area contributed by atoms with E-state index in [1.807, 2.05) is 38.1 Å². The van der Waals surface area contributed by atoms with Gasteiger partial charge in [-0.2, -0.15) is 0 Å². The molecular formula is C35H44N4O7. The van der Waals surface area contributed by atoms with Gasteiger partial charge in [0.25, 0.3) is 0 Å². The van der Waals surface area contributed by atoms with Crippen LogP contribution in [0.3, 0.4) is 0 Å². The Morgan fingerprint density at radius 3 is 2.48 bits per heavy atom. The summed E-state index contributed by atoms with van der Waals surface area (Å²) in [4.78, 5) is 48.2. The molecule has 246 valence electrons. The highest BCUT2D eigenvalue weighted by atomic mass is 16.6. The molecule has 5 rings (SSSR count). The number of methoxy groups -OCH3 is 2. The Bertz CT molecular complexity index is 1630. The molecule has 3 aromatic rings. The average molecular weight is 633 g/mol. The van der Waals surface area contributed by atoms with Gasteiger partial charge in [0.05, 0.1) is 32.0 Å². The summed E-state index contributed by atoms with van der Waals surface area (Å²) in [5.74, 6) is 0.0182. The van der Waals surface area contributed by atoms with Gasteiger partial charge in [-0.05, 0) is 62.9 Å². The van der Waals surface area contributed by atoms with Crippen LogP contribution in [0.1, 0.15) is 46.6 Å². The number of alkyl carbamates (subject to hydrolysis) is 1. The predicted molar refractivity (Wildman–Crippen MR) is 175 cm³/mol. The molecule has 0 bridgehead atoms. The Hall–Kier alpha value is -4.54. The fourth-order valence-electron chi connectivity index (χ4n) is 6.07. The van der Waals surface area contributed by atoms with Crippen LogP contribution in [-0.2, 0) is 25.5 Å². The van der Waals surface area contributed by atoms with Gasteiger partial charge in [-0.3, -0.25) is 4.79 Å². The van der Waals surface area contributed by atoms with E-state index >= 15 is 0 Å². The number of pyridine rings is 1. The predicted octanol–water partition coefficient (Wildman–Crippen LogP) is 4.97. The number of carbonyl (C=O) groups excluding carboxylic acids is 3. The fraction of sp³-hybridized carbons (Fsp3) is 0.486. The molecule has 1 fully saturated rings. The van der Waals surface area contributed by atoms with Gasteiger partial charge in [0.1, 0.15) is 35.3 Å². The number of likely N-dealkylation sites (N-methyl/N-ethyl adjacent to an activating group) is 1. The fourth-order valence-corrected chi connectivity index (χ4v) is 6.07. The summed E-state index contributed by atoms with van der Waals surface area (Å²) >= 11 is 0. The number of fused-ring (bicyclic) bond motifs is 2. The monoisotopic (exact) mass is 632 g/mol. The van der Waals surface area contributed by atoms with Crippen LogP contribution in [-0.4, -0.2) is 86.0 Å². The van der Waals surface area contributed by atoms with Gasteiger partial charge in [0.2, 0.25) is 5.91 Å². The third-order valence-electron chi connectivity index (χ3n) is 8.40. The second-order valence-electron chi connectivity index (χ2n) is 13.3. The zero-order valence-electron chi connectivity index (χ0n) is 27.9. The normalized spacial score (nSPS) is 18.4. The summed E-state index contributed by atoms with van der Waals surface area (Å²) in [5, 5.41) is 3.48. The Kier molecular flexibility index (Phi) is 9.32. The third-order valence-corrected chi connectivity index (χ3v) is 8.40. The van der Waals surface area contributed by atoms with Gasteiger partial charge < -0.3 is 34.1 Å². The molecule has 0 saturated carbocycles. The number of rotatable bonds is 8. The van der Waals surface area contributed by atoms with Crippen molar-refractivity contribution in [1.82, 2.24) is 15.2 Å². The van der Waals surface area contributed by atoms with E-state index < -0.39 is 41.8 Å². The highest BCUT2D eigenvalue weighted by Gasteiger charge is 2.44. The maximum Gasteiger partial charge on any atom is 0.408 e. The number of hydrogen-bond acceptors (Lipinski definition) is 9. The first-order valence-corrected chi connectivity index (χ1v) is 15.7. The topological polar surface area (TPSA) is 120 Å². The van der Waals surface area contributed by atoms with Crippen LogP contribution in [0, 0.1) is 5.92 Å². The molecule has 11 heteroatoms. The summed E-state index contributed by atoms with van der Waals surface area (Å²) in [6.45, 7) is 10.0. The van der Waals surface area contributed by atoms with Crippen molar-refractivity contribution in [1.29, 1.82) is 0 Å². The summed E-state index contributed by atoms with van der Waals surface area (Å²) in [5.41, 5.74) is 4.15. The highest BCUT2D eigenvalue weighted by Crippen LogP contribution is 2.37. The minimum atomic E-state index is -0.916. The van der Waals surface area contributed by atoms with Crippen LogP contribution in [0.5, 0.6) is 11.5 Å². The molecule has 2 aliphatic heterocycles. The molecule has 1 saturated heterocycles. The molecule has 0 spiro atoms. The van der Waals surface area contributed by atoms with Crippen molar-refractivity contribution in [3.05, 3.63) is 48.0 Å². The molecular weight excluding hydrogens is 588 g/mol. The van der Waals surface area contributed by atoms with Crippen LogP contribution in [0.25, 0.3) is 22.2 Å². The molecule has 2 aliphatic rings. The van der Waals surface area contributed by atoms with Crippen LogP contribution in [0.2, 0.25) is 0 Å². The SMILES string of the molecule is COC(=O)[C@@H]1C[C@@H](Oc2cc(-c3ccc4c(c3)CCN4C)nc3cc(OC)ccc23)CN1C(=O)C(NC(=O)OC(C)(C)C)C(C)C. The maximum absolute atomic E-state index is 13.9. The lowest BCUT2D eigenvalue weighted by atomic mass is 10.0. The molecule has 2 aromatic carbocycles. The number of benzene rings is 2. The minimum Gasteiger partial charge on any atom is -0.497 e. The Morgan fingerprint density at radius 2 is 1.80 bits per heavy atom. The quantitative estimate of drug-likeness (QED) is 0.343. The molecule has 1 unspecified atom stereocenters. The number of esters is 1. The minimum absolute atomic E-state index is 0.123. The summed E-state index contributed by atoms with van der Waals surface area (Å²) in [6, 6.07) is 12.1. The van der Waals surface area contributed by atoms with Crippen LogP contribution >= 0.6 is 0 Å². The van der Waals surface area contributed by atoms with E-state index in [2.05, 4.69) is 35.5 Å². The number of amides is 2. The van der Waals surface area contributed by atoms with Crippen molar-refractivity contribution in [3.63, 3.8) is 0 Å². The number of nitrogens with zero attached hydrogens (tertiary/aromatic N) is 3. The van der Waals surface area contributed by atoms with E-state index in [1.54, 1.807) is 27.9 Å². The van der Waals surface area contributed by atoms with Gasteiger partial charge in [-0.15, -0.1) is 0 Å². The Balaban J connectivity index is 1.46. The van der Waals surface area contributed by atoms with Crippen molar-refractivity contribution >= 4 is 34.6 Å². The third kappa shape index (κ3) is 6.98. The number of nitrogens with one attached hydrogen (secondary N) is 1. The van der Waals surface area contributed by atoms with E-state index in [9.17, 15) is 14.4 Å². The van der Waals surface area contributed by atoms with Crippen molar-refractivity contribution in [3.8, 4) is 22.8 Å². The van der Waals surface area contributed by atoms with E-state index in [0.29, 0.717) is 17.0 Å². The van der Waals surface area contributed by atoms with Gasteiger partial charge in [-0.25, -0.2) is 14.6 Å². The average Bonchev–Trinajstić information content (AvgIpc) is 3.60. The zero-order valence-corrected chi connectivity index (χ0v) is 27.9. The standard InChI is InChI=1S/C35H44N4O7/c1-20(2)31(37-34(42)46-35(3,4)5)32(40)39-19-24(17-29(39)33(41)44-8)45-30-18-26(36-27-16-23(43-7)10-11-25(27)30)21-9-12-28-22(15-21)13-14-38(28)6/h9-12,15-16,18,20,24,29,31H,13-14,17,19H2,1-8H3,(H,37,42)/t24-,29+,31?/m1/s1. The van der Waals surface area contributed by atoms with Gasteiger partial charge in [0.15, 0.2) is 0 Å². The summed E-state index contributed by atoms with van der Waals surface area (Å²) < 4.78 is 22.6. The maximum atomic E-state index is 13.9. The second kappa shape index (κ2) is 13.1. The van der Waals surface area contributed by atoms with E-state index in [1.165, 1.54) is 23.3 Å². The Labute approximate surface area is 270 Å². The number of anilines is 1. The smallest absolute Gasteiger partial charge is 0.408 e. The van der Waals surface area contributed by atoms with Gasteiger partial charge >= 0.3 is 12.1 Å². The van der Waals surface area contributed by atoms with E-state index in [-0.39, 0.29) is 18.9 Å². The van der Waals surface area contributed by atoms with Crippen molar-refractivity contribution in [2.45, 2.75) is 71.2 Å². The lowest BCUT2D eigenvalue weighted by Crippen LogP contribution is -2.54. The number of ether oxygens (including phenoxy) is 4. The first kappa shape index (κ1) is 32.8. The molecule has 3 heterocycles. The first-order valence-electron chi connectivity index (χ1n) is 15.7. The molecule has 2 amide bonds. The second-order valence-corrected chi connectivity index (χ2v) is 13.3. The van der Waals surface area contributed by atoms with Gasteiger partial charge in [0, 0.05) is 48.8 Å². The zero-order chi connectivity index (χ0) is 33.3. The molecule has 11 nitrogen and oxygen atoms in total. The van der Waals surface area contributed by atoms with Crippen LogP contribution < -0.4 is 19.7 Å². The number of likely N-dealkylation sites (tertiary alicyclic amines) is 1. The van der Waals surface area contributed by atoms with Crippen LogP contribution in [0.4, 0.5) is 10.5 Å².